The standard InChI is InChI=1S/C9H7FN4/c10-7-2-1-3-8-9(7)6(4-12-8)5-13-14-11/h1-4,12H,5H2. The Morgan fingerprint density at radius 3 is 3.14 bits per heavy atom. The summed E-state index contributed by atoms with van der Waals surface area (Å²) >= 11 is 0. The SMILES string of the molecule is [N-]=[N+]=NCc1c[nH]c2cccc(F)c12. The lowest BCUT2D eigenvalue weighted by molar-refractivity contribution is 0.639. The molecule has 2 aromatic rings. The summed E-state index contributed by atoms with van der Waals surface area (Å²) in [5, 5.41) is 3.90. The van der Waals surface area contributed by atoms with E-state index >= 15 is 0 Å². The highest BCUT2D eigenvalue weighted by molar-refractivity contribution is 5.83. The van der Waals surface area contributed by atoms with Crippen molar-refractivity contribution in [3.05, 3.63) is 46.2 Å². The predicted octanol–water partition coefficient (Wildman–Crippen LogP) is 3.12. The van der Waals surface area contributed by atoms with E-state index in [-0.39, 0.29) is 12.4 Å². The highest BCUT2D eigenvalue weighted by Crippen LogP contribution is 2.21. The Balaban J connectivity index is 2.60. The smallest absolute Gasteiger partial charge is 0.132 e. The van der Waals surface area contributed by atoms with Crippen molar-refractivity contribution < 1.29 is 4.39 Å². The lowest BCUT2D eigenvalue weighted by Crippen LogP contribution is -1.80. The highest BCUT2D eigenvalue weighted by Gasteiger charge is 2.06. The van der Waals surface area contributed by atoms with Crippen molar-refractivity contribution in [1.82, 2.24) is 4.98 Å². The van der Waals surface area contributed by atoms with Crippen LogP contribution in [0, 0.1) is 5.82 Å². The molecule has 0 radical (unpaired) electrons. The molecule has 0 aliphatic heterocycles. The van der Waals surface area contributed by atoms with Gasteiger partial charge in [-0.3, -0.25) is 0 Å². The number of hydrogen-bond acceptors (Lipinski definition) is 1. The van der Waals surface area contributed by atoms with E-state index in [0.29, 0.717) is 16.5 Å². The second kappa shape index (κ2) is 3.40. The van der Waals surface area contributed by atoms with Gasteiger partial charge in [-0.2, -0.15) is 0 Å². The molecule has 0 amide bonds. The fraction of sp³-hybridized carbons (Fsp3) is 0.111. The van der Waals surface area contributed by atoms with Crippen molar-refractivity contribution >= 4 is 10.9 Å². The number of azide groups is 1. The zero-order valence-electron chi connectivity index (χ0n) is 7.24. The molecule has 4 nitrogen and oxygen atoms in total. The average Bonchev–Trinajstić information content (AvgIpc) is 2.59. The molecule has 14 heavy (non-hydrogen) atoms. The summed E-state index contributed by atoms with van der Waals surface area (Å²) < 4.78 is 13.4. The van der Waals surface area contributed by atoms with Gasteiger partial charge in [0, 0.05) is 22.0 Å². The minimum Gasteiger partial charge on any atom is -0.361 e. The summed E-state index contributed by atoms with van der Waals surface area (Å²) in [6.45, 7) is 0.164. The van der Waals surface area contributed by atoms with Crippen molar-refractivity contribution in [1.29, 1.82) is 0 Å². The molecule has 5 heteroatoms. The molecule has 1 aromatic carbocycles. The Morgan fingerprint density at radius 1 is 1.50 bits per heavy atom. The third-order valence-corrected chi connectivity index (χ3v) is 2.04. The number of aromatic amines is 1. The van der Waals surface area contributed by atoms with Crippen LogP contribution in [-0.2, 0) is 6.54 Å². The summed E-state index contributed by atoms with van der Waals surface area (Å²) in [6, 6.07) is 4.79. The van der Waals surface area contributed by atoms with Crippen LogP contribution in [0.4, 0.5) is 4.39 Å². The van der Waals surface area contributed by atoms with E-state index in [2.05, 4.69) is 15.0 Å². The van der Waals surface area contributed by atoms with Gasteiger partial charge in [-0.05, 0) is 23.2 Å². The Bertz CT molecular complexity index is 511. The minimum absolute atomic E-state index is 0.164. The zero-order valence-corrected chi connectivity index (χ0v) is 7.24. The Labute approximate surface area is 79.0 Å². The molecule has 2 rings (SSSR count). The van der Waals surface area contributed by atoms with Crippen molar-refractivity contribution in [2.75, 3.05) is 0 Å². The maximum absolute atomic E-state index is 13.4. The lowest BCUT2D eigenvalue weighted by atomic mass is 10.1. The van der Waals surface area contributed by atoms with Gasteiger partial charge in [0.15, 0.2) is 0 Å². The van der Waals surface area contributed by atoms with Crippen molar-refractivity contribution in [3.8, 4) is 0 Å². The van der Waals surface area contributed by atoms with Crippen molar-refractivity contribution in [2.45, 2.75) is 6.54 Å². The fourth-order valence-electron chi connectivity index (χ4n) is 1.44. The monoisotopic (exact) mass is 190 g/mol. The summed E-state index contributed by atoms with van der Waals surface area (Å²) in [4.78, 5) is 5.55. The number of halogens is 1. The van der Waals surface area contributed by atoms with Gasteiger partial charge in [-0.1, -0.05) is 11.2 Å². The molecule has 0 spiro atoms. The maximum Gasteiger partial charge on any atom is 0.132 e. The summed E-state index contributed by atoms with van der Waals surface area (Å²) in [5.41, 5.74) is 9.55. The van der Waals surface area contributed by atoms with E-state index < -0.39 is 0 Å². The van der Waals surface area contributed by atoms with Crippen LogP contribution in [0.2, 0.25) is 0 Å². The number of aromatic nitrogens is 1. The number of rotatable bonds is 2. The number of fused-ring (bicyclic) bond motifs is 1. The van der Waals surface area contributed by atoms with Crippen LogP contribution in [0.15, 0.2) is 29.5 Å². The van der Waals surface area contributed by atoms with Crippen LogP contribution in [0.1, 0.15) is 5.56 Å². The van der Waals surface area contributed by atoms with Gasteiger partial charge in [0.05, 0.1) is 6.54 Å². The van der Waals surface area contributed by atoms with Gasteiger partial charge in [-0.15, -0.1) is 0 Å². The third-order valence-electron chi connectivity index (χ3n) is 2.04. The third kappa shape index (κ3) is 1.30. The van der Waals surface area contributed by atoms with Gasteiger partial charge < -0.3 is 4.98 Å². The van der Waals surface area contributed by atoms with E-state index in [4.69, 9.17) is 5.53 Å². The van der Waals surface area contributed by atoms with E-state index in [1.807, 2.05) is 0 Å². The number of hydrogen-bond donors (Lipinski definition) is 1. The lowest BCUT2D eigenvalue weighted by Gasteiger charge is -1.94. The minimum atomic E-state index is -0.299. The second-order valence-corrected chi connectivity index (χ2v) is 2.87. The molecule has 0 aliphatic carbocycles. The molecule has 70 valence electrons. The van der Waals surface area contributed by atoms with E-state index in [0.717, 1.165) is 0 Å². The Kier molecular flexibility index (Phi) is 2.08. The number of nitrogens with one attached hydrogen (secondary N) is 1. The summed E-state index contributed by atoms with van der Waals surface area (Å²) in [5.74, 6) is -0.299. The first kappa shape index (κ1) is 8.59. The van der Waals surface area contributed by atoms with Gasteiger partial charge >= 0.3 is 0 Å². The van der Waals surface area contributed by atoms with Gasteiger partial charge in [-0.25, -0.2) is 4.39 Å². The van der Waals surface area contributed by atoms with Gasteiger partial charge in [0.1, 0.15) is 5.82 Å². The number of H-pyrrole nitrogens is 1. The predicted molar refractivity (Wildman–Crippen MR) is 51.1 cm³/mol. The molecule has 1 N–H and O–H groups in total. The molecule has 0 saturated carbocycles. The first-order valence-electron chi connectivity index (χ1n) is 4.08. The molecular weight excluding hydrogens is 183 g/mol. The fourth-order valence-corrected chi connectivity index (χ4v) is 1.44. The Morgan fingerprint density at radius 2 is 2.36 bits per heavy atom. The van der Waals surface area contributed by atoms with Crippen molar-refractivity contribution in [3.63, 3.8) is 0 Å². The van der Waals surface area contributed by atoms with E-state index in [1.165, 1.54) is 6.07 Å². The van der Waals surface area contributed by atoms with Gasteiger partial charge in [0.25, 0.3) is 0 Å². The zero-order chi connectivity index (χ0) is 9.97. The van der Waals surface area contributed by atoms with Gasteiger partial charge in [0.2, 0.25) is 0 Å². The maximum atomic E-state index is 13.4. The van der Waals surface area contributed by atoms with Crippen LogP contribution >= 0.6 is 0 Å². The van der Waals surface area contributed by atoms with Crippen LogP contribution in [0.3, 0.4) is 0 Å². The average molecular weight is 190 g/mol. The molecule has 0 atom stereocenters. The summed E-state index contributed by atoms with van der Waals surface area (Å²) in [6.07, 6.45) is 1.66. The first-order chi connectivity index (χ1) is 6.83. The van der Waals surface area contributed by atoms with Crippen molar-refractivity contribution in [2.24, 2.45) is 5.11 Å². The number of nitrogens with zero attached hydrogens (tertiary/aromatic N) is 3. The quantitative estimate of drug-likeness (QED) is 0.429. The first-order valence-corrected chi connectivity index (χ1v) is 4.08. The molecule has 0 unspecified atom stereocenters. The van der Waals surface area contributed by atoms with Crippen LogP contribution in [0.5, 0.6) is 0 Å². The van der Waals surface area contributed by atoms with Crippen LogP contribution in [0.25, 0.3) is 21.3 Å². The molecule has 1 aromatic heterocycles. The molecule has 0 aliphatic rings. The topological polar surface area (TPSA) is 64.6 Å². The molecule has 0 bridgehead atoms. The molecule has 1 heterocycles. The highest BCUT2D eigenvalue weighted by atomic mass is 19.1. The largest absolute Gasteiger partial charge is 0.361 e. The molecule has 0 fully saturated rings. The summed E-state index contributed by atoms with van der Waals surface area (Å²) in [7, 11) is 0. The molecular formula is C9H7FN4. The second-order valence-electron chi connectivity index (χ2n) is 2.87. The van der Waals surface area contributed by atoms with E-state index in [9.17, 15) is 4.39 Å². The normalized spacial score (nSPS) is 10.1. The van der Waals surface area contributed by atoms with Crippen LogP contribution < -0.4 is 0 Å². The number of benzene rings is 1. The van der Waals surface area contributed by atoms with E-state index in [1.54, 1.807) is 18.3 Å². The molecule has 0 saturated heterocycles. The Hall–Kier alpha value is -2.00. The van der Waals surface area contributed by atoms with Crippen LogP contribution in [-0.4, -0.2) is 4.98 Å².